The van der Waals surface area contributed by atoms with Crippen molar-refractivity contribution in [1.29, 1.82) is 0 Å². The molecule has 0 spiro atoms. The second kappa shape index (κ2) is 4.07. The van der Waals surface area contributed by atoms with Gasteiger partial charge in [-0.05, 0) is 13.8 Å². The molecule has 13 heavy (non-hydrogen) atoms. The number of carbonyl (C=O) groups excluding carboxylic acids is 2. The number of methoxy groups -OCH3 is 1. The van der Waals surface area contributed by atoms with Crippen molar-refractivity contribution in [3.8, 4) is 0 Å². The molecule has 0 amide bonds. The Morgan fingerprint density at radius 3 is 2.08 bits per heavy atom. The summed E-state index contributed by atoms with van der Waals surface area (Å²) in [4.78, 5) is 21.7. The molecular weight excluding hydrogens is 172 g/mol. The maximum atomic E-state index is 11.0. The van der Waals surface area contributed by atoms with Gasteiger partial charge in [0, 0.05) is 6.92 Å². The van der Waals surface area contributed by atoms with E-state index in [1.165, 1.54) is 14.0 Å². The van der Waals surface area contributed by atoms with Gasteiger partial charge in [0.15, 0.2) is 0 Å². The fourth-order valence-electron chi connectivity index (χ4n) is 0.790. The maximum absolute atomic E-state index is 11.0. The van der Waals surface area contributed by atoms with Gasteiger partial charge in [-0.1, -0.05) is 6.58 Å². The van der Waals surface area contributed by atoms with Gasteiger partial charge in [-0.2, -0.15) is 0 Å². The van der Waals surface area contributed by atoms with Crippen LogP contribution in [0, 0.1) is 0 Å². The molecule has 0 aliphatic rings. The molecule has 0 radical (unpaired) electrons. The Labute approximate surface area is 77.5 Å². The summed E-state index contributed by atoms with van der Waals surface area (Å²) >= 11 is 0. The molecule has 4 heteroatoms. The van der Waals surface area contributed by atoms with Crippen molar-refractivity contribution in [2.24, 2.45) is 0 Å². The highest BCUT2D eigenvalue weighted by atomic mass is 16.6. The molecule has 0 aromatic heterocycles. The zero-order chi connectivity index (χ0) is 10.6. The monoisotopic (exact) mass is 186 g/mol. The average molecular weight is 186 g/mol. The molecule has 0 fully saturated rings. The number of esters is 2. The Bertz CT molecular complexity index is 240. The van der Waals surface area contributed by atoms with Gasteiger partial charge >= 0.3 is 11.9 Å². The van der Waals surface area contributed by atoms with Crippen LogP contribution in [0.2, 0.25) is 0 Å². The lowest BCUT2D eigenvalue weighted by atomic mass is 10.00. The van der Waals surface area contributed by atoms with Crippen LogP contribution < -0.4 is 0 Å². The fraction of sp³-hybridized carbons (Fsp3) is 0.556. The van der Waals surface area contributed by atoms with Crippen LogP contribution in [0.1, 0.15) is 20.8 Å². The predicted octanol–water partition coefficient (Wildman–Crippen LogP) is 1.06. The van der Waals surface area contributed by atoms with E-state index >= 15 is 0 Å². The summed E-state index contributed by atoms with van der Waals surface area (Å²) in [5.74, 6) is -1.04. The van der Waals surface area contributed by atoms with E-state index in [1.807, 2.05) is 0 Å². The van der Waals surface area contributed by atoms with Crippen molar-refractivity contribution in [3.63, 3.8) is 0 Å². The van der Waals surface area contributed by atoms with E-state index in [4.69, 9.17) is 4.74 Å². The van der Waals surface area contributed by atoms with Gasteiger partial charge in [-0.3, -0.25) is 4.79 Å². The maximum Gasteiger partial charge on any atom is 0.337 e. The smallest absolute Gasteiger partial charge is 0.337 e. The molecule has 0 aromatic rings. The number of ether oxygens (including phenoxy) is 2. The SMILES string of the molecule is C=C(C(=O)OC)C(C)(C)OC(C)=O. The Hall–Kier alpha value is -1.32. The van der Waals surface area contributed by atoms with Crippen LogP contribution in [0.3, 0.4) is 0 Å². The lowest BCUT2D eigenvalue weighted by molar-refractivity contribution is -0.153. The molecule has 0 unspecified atom stereocenters. The molecule has 0 rings (SSSR count). The Morgan fingerprint density at radius 1 is 1.31 bits per heavy atom. The summed E-state index contributed by atoms with van der Waals surface area (Å²) in [7, 11) is 1.25. The molecule has 0 aliphatic carbocycles. The van der Waals surface area contributed by atoms with E-state index < -0.39 is 17.5 Å². The van der Waals surface area contributed by atoms with E-state index in [0.717, 1.165) is 0 Å². The Morgan fingerprint density at radius 2 is 1.77 bits per heavy atom. The number of hydrogen-bond donors (Lipinski definition) is 0. The van der Waals surface area contributed by atoms with Gasteiger partial charge in [0.25, 0.3) is 0 Å². The molecule has 4 nitrogen and oxygen atoms in total. The normalized spacial score (nSPS) is 10.5. The summed E-state index contributed by atoms with van der Waals surface area (Å²) in [5, 5.41) is 0. The van der Waals surface area contributed by atoms with Gasteiger partial charge in [0.2, 0.25) is 0 Å². The van der Waals surface area contributed by atoms with Gasteiger partial charge < -0.3 is 9.47 Å². The largest absolute Gasteiger partial charge is 0.466 e. The highest BCUT2D eigenvalue weighted by Gasteiger charge is 2.30. The molecule has 0 saturated heterocycles. The van der Waals surface area contributed by atoms with Gasteiger partial charge in [0.1, 0.15) is 5.60 Å². The van der Waals surface area contributed by atoms with E-state index in [-0.39, 0.29) is 5.57 Å². The van der Waals surface area contributed by atoms with Gasteiger partial charge in [-0.25, -0.2) is 4.79 Å². The second-order valence-corrected chi connectivity index (χ2v) is 3.07. The number of hydrogen-bond acceptors (Lipinski definition) is 4. The lowest BCUT2D eigenvalue weighted by Gasteiger charge is -2.24. The van der Waals surface area contributed by atoms with E-state index in [1.54, 1.807) is 13.8 Å². The molecule has 74 valence electrons. The molecular formula is C9H14O4. The Balaban J connectivity index is 4.53. The first-order chi connectivity index (χ1) is 5.81. The lowest BCUT2D eigenvalue weighted by Crippen LogP contribution is -2.33. The minimum atomic E-state index is -1.01. The summed E-state index contributed by atoms with van der Waals surface area (Å²) in [6, 6.07) is 0. The van der Waals surface area contributed by atoms with Crippen LogP contribution in [0.25, 0.3) is 0 Å². The molecule has 0 N–H and O–H groups in total. The first-order valence-corrected chi connectivity index (χ1v) is 3.78. The number of rotatable bonds is 3. The molecule has 0 bridgehead atoms. The van der Waals surface area contributed by atoms with E-state index in [0.29, 0.717) is 0 Å². The first kappa shape index (κ1) is 11.7. The van der Waals surface area contributed by atoms with Crippen LogP contribution in [-0.2, 0) is 19.1 Å². The minimum absolute atomic E-state index is 0.116. The molecule has 0 aliphatic heterocycles. The van der Waals surface area contributed by atoms with E-state index in [2.05, 4.69) is 11.3 Å². The predicted molar refractivity (Wildman–Crippen MR) is 47.0 cm³/mol. The summed E-state index contributed by atoms with van der Waals surface area (Å²) < 4.78 is 9.33. The first-order valence-electron chi connectivity index (χ1n) is 3.78. The topological polar surface area (TPSA) is 52.6 Å². The quantitative estimate of drug-likeness (QED) is 0.488. The van der Waals surface area contributed by atoms with Crippen LogP contribution in [0.4, 0.5) is 0 Å². The zero-order valence-electron chi connectivity index (χ0n) is 8.34. The highest BCUT2D eigenvalue weighted by Crippen LogP contribution is 2.20. The van der Waals surface area contributed by atoms with Crippen molar-refractivity contribution in [1.82, 2.24) is 0 Å². The van der Waals surface area contributed by atoms with Crippen LogP contribution in [0.15, 0.2) is 12.2 Å². The zero-order valence-corrected chi connectivity index (χ0v) is 8.34. The molecule has 0 aromatic carbocycles. The van der Waals surface area contributed by atoms with Crippen LogP contribution in [-0.4, -0.2) is 24.6 Å². The summed E-state index contributed by atoms with van der Waals surface area (Å²) in [6.45, 7) is 7.92. The summed E-state index contributed by atoms with van der Waals surface area (Å²) in [6.07, 6.45) is 0. The van der Waals surface area contributed by atoms with Crippen molar-refractivity contribution in [2.45, 2.75) is 26.4 Å². The van der Waals surface area contributed by atoms with Crippen molar-refractivity contribution < 1.29 is 19.1 Å². The van der Waals surface area contributed by atoms with Gasteiger partial charge in [0.05, 0.1) is 12.7 Å². The van der Waals surface area contributed by atoms with Crippen LogP contribution >= 0.6 is 0 Å². The van der Waals surface area contributed by atoms with Crippen molar-refractivity contribution in [3.05, 3.63) is 12.2 Å². The molecule has 0 atom stereocenters. The standard InChI is InChI=1S/C9H14O4/c1-6(8(11)12-5)9(3,4)13-7(2)10/h1H2,2-5H3. The average Bonchev–Trinajstić information content (AvgIpc) is 1.99. The second-order valence-electron chi connectivity index (χ2n) is 3.07. The van der Waals surface area contributed by atoms with Crippen molar-refractivity contribution >= 4 is 11.9 Å². The molecule has 0 saturated carbocycles. The van der Waals surface area contributed by atoms with E-state index in [9.17, 15) is 9.59 Å². The molecule has 0 heterocycles. The number of carbonyl (C=O) groups is 2. The van der Waals surface area contributed by atoms with Gasteiger partial charge in [-0.15, -0.1) is 0 Å². The third-order valence-corrected chi connectivity index (χ3v) is 1.56. The highest BCUT2D eigenvalue weighted by molar-refractivity contribution is 5.90. The minimum Gasteiger partial charge on any atom is -0.466 e. The Kier molecular flexibility index (Phi) is 3.66. The third kappa shape index (κ3) is 3.27. The fourth-order valence-corrected chi connectivity index (χ4v) is 0.790. The van der Waals surface area contributed by atoms with Crippen molar-refractivity contribution in [2.75, 3.05) is 7.11 Å². The third-order valence-electron chi connectivity index (χ3n) is 1.56. The van der Waals surface area contributed by atoms with Crippen LogP contribution in [0.5, 0.6) is 0 Å². The summed E-state index contributed by atoms with van der Waals surface area (Å²) in [5.41, 5.74) is -0.899.